The van der Waals surface area contributed by atoms with Gasteiger partial charge in [-0.15, -0.1) is 11.3 Å². The van der Waals surface area contributed by atoms with Crippen molar-refractivity contribution in [1.82, 2.24) is 14.8 Å². The van der Waals surface area contributed by atoms with Crippen LogP contribution in [0.2, 0.25) is 4.47 Å². The first-order chi connectivity index (χ1) is 7.45. The van der Waals surface area contributed by atoms with Gasteiger partial charge in [0.05, 0.1) is 6.54 Å². The minimum Gasteiger partial charge on any atom is -0.267 e. The number of halogens is 4. The molecule has 2 heterocycles. The molecule has 0 radical (unpaired) electrons. The van der Waals surface area contributed by atoms with Gasteiger partial charge < -0.3 is 0 Å². The summed E-state index contributed by atoms with van der Waals surface area (Å²) in [5.74, 6) is 0. The maximum absolute atomic E-state index is 12.2. The van der Waals surface area contributed by atoms with E-state index in [9.17, 15) is 13.2 Å². The summed E-state index contributed by atoms with van der Waals surface area (Å²) < 4.78 is 38.3. The molecule has 0 aromatic carbocycles. The fraction of sp³-hybridized carbons (Fsp3) is 0.250. The summed E-state index contributed by atoms with van der Waals surface area (Å²) in [5, 5.41) is 3.41. The Labute approximate surface area is 97.5 Å². The molecule has 8 heteroatoms. The van der Waals surface area contributed by atoms with E-state index in [0.717, 1.165) is 10.9 Å². The van der Waals surface area contributed by atoms with E-state index in [0.29, 0.717) is 4.47 Å². The number of hydrogen-bond acceptors (Lipinski definition) is 3. The Morgan fingerprint density at radius 3 is 2.69 bits per heavy atom. The normalized spacial score (nSPS) is 12.0. The molecule has 2 rings (SSSR count). The molecule has 86 valence electrons. The number of rotatable bonds is 2. The first-order valence-electron chi connectivity index (χ1n) is 4.16. The van der Waals surface area contributed by atoms with Crippen molar-refractivity contribution in [2.45, 2.75) is 12.7 Å². The van der Waals surface area contributed by atoms with E-state index in [2.05, 4.69) is 10.1 Å². The van der Waals surface area contributed by atoms with Crippen LogP contribution in [0.4, 0.5) is 13.2 Å². The van der Waals surface area contributed by atoms with Gasteiger partial charge in [-0.1, -0.05) is 11.6 Å². The van der Waals surface area contributed by atoms with Crippen molar-refractivity contribution < 1.29 is 13.2 Å². The summed E-state index contributed by atoms with van der Waals surface area (Å²) >= 11 is 6.81. The number of alkyl halides is 3. The van der Waals surface area contributed by atoms with Crippen LogP contribution in [-0.4, -0.2) is 14.8 Å². The van der Waals surface area contributed by atoms with Gasteiger partial charge in [0.15, 0.2) is 10.2 Å². The minimum absolute atomic E-state index is 0.237. The van der Waals surface area contributed by atoms with E-state index in [1.807, 2.05) is 0 Å². The monoisotopic (exact) mass is 267 g/mol. The zero-order valence-corrected chi connectivity index (χ0v) is 9.27. The molecule has 0 bridgehead atoms. The molecule has 0 unspecified atom stereocenters. The Balaban J connectivity index is 2.14. The summed E-state index contributed by atoms with van der Waals surface area (Å²) in [6, 6.07) is 0.933. The Kier molecular flexibility index (Phi) is 2.90. The maximum Gasteiger partial charge on any atom is 0.435 e. The average Bonchev–Trinajstić information content (AvgIpc) is 2.74. The Bertz CT molecular complexity index is 491. The second-order valence-electron chi connectivity index (χ2n) is 2.98. The molecular weight excluding hydrogens is 263 g/mol. The minimum atomic E-state index is -4.41. The summed E-state index contributed by atoms with van der Waals surface area (Å²) in [6.45, 7) is 0.237. The second-order valence-corrected chi connectivity index (χ2v) is 4.67. The molecule has 0 N–H and O–H groups in total. The molecule has 0 aliphatic carbocycles. The third-order valence-corrected chi connectivity index (χ3v) is 2.87. The lowest BCUT2D eigenvalue weighted by Crippen LogP contribution is -2.08. The van der Waals surface area contributed by atoms with Crippen LogP contribution in [0, 0.1) is 0 Å². The first-order valence-corrected chi connectivity index (χ1v) is 5.35. The van der Waals surface area contributed by atoms with E-state index >= 15 is 0 Å². The molecule has 16 heavy (non-hydrogen) atoms. The SMILES string of the molecule is FC(F)(F)c1ccn(Cc2cnc(Cl)s2)n1. The zero-order valence-electron chi connectivity index (χ0n) is 7.70. The van der Waals surface area contributed by atoms with Crippen molar-refractivity contribution >= 4 is 22.9 Å². The highest BCUT2D eigenvalue weighted by Crippen LogP contribution is 2.27. The van der Waals surface area contributed by atoms with Gasteiger partial charge >= 0.3 is 6.18 Å². The van der Waals surface area contributed by atoms with E-state index in [1.165, 1.54) is 28.4 Å². The summed E-state index contributed by atoms with van der Waals surface area (Å²) in [7, 11) is 0. The molecule has 0 fully saturated rings. The standard InChI is InChI=1S/C8H5ClF3N3S/c9-7-13-3-5(16-7)4-15-2-1-6(14-15)8(10,11)12/h1-3H,4H2. The van der Waals surface area contributed by atoms with Gasteiger partial charge in [-0.05, 0) is 6.07 Å². The number of aromatic nitrogens is 3. The molecule has 0 aliphatic rings. The maximum atomic E-state index is 12.2. The van der Waals surface area contributed by atoms with Crippen molar-refractivity contribution in [1.29, 1.82) is 0 Å². The Morgan fingerprint density at radius 1 is 1.44 bits per heavy atom. The summed E-state index contributed by atoms with van der Waals surface area (Å²) in [6.07, 6.45) is -1.62. The van der Waals surface area contributed by atoms with Crippen LogP contribution in [0.1, 0.15) is 10.6 Å². The topological polar surface area (TPSA) is 30.7 Å². The molecule has 2 aromatic rings. The third-order valence-electron chi connectivity index (χ3n) is 1.77. The molecule has 0 saturated carbocycles. The number of hydrogen-bond donors (Lipinski definition) is 0. The molecule has 2 aromatic heterocycles. The first kappa shape index (κ1) is 11.4. The van der Waals surface area contributed by atoms with Gasteiger partial charge in [0.25, 0.3) is 0 Å². The smallest absolute Gasteiger partial charge is 0.267 e. The van der Waals surface area contributed by atoms with Crippen LogP contribution in [0.25, 0.3) is 0 Å². The van der Waals surface area contributed by atoms with Crippen LogP contribution in [0.3, 0.4) is 0 Å². The summed E-state index contributed by atoms with van der Waals surface area (Å²) in [4.78, 5) is 4.54. The fourth-order valence-corrected chi connectivity index (χ4v) is 2.09. The predicted molar refractivity (Wildman–Crippen MR) is 53.5 cm³/mol. The quantitative estimate of drug-likeness (QED) is 0.837. The average molecular weight is 268 g/mol. The summed E-state index contributed by atoms with van der Waals surface area (Å²) in [5.41, 5.74) is -0.900. The van der Waals surface area contributed by atoms with Crippen LogP contribution in [0.5, 0.6) is 0 Å². The molecule has 0 spiro atoms. The van der Waals surface area contributed by atoms with Crippen LogP contribution in [-0.2, 0) is 12.7 Å². The predicted octanol–water partition coefficient (Wildman–Crippen LogP) is 3.06. The van der Waals surface area contributed by atoms with Gasteiger partial charge in [0.2, 0.25) is 0 Å². The van der Waals surface area contributed by atoms with Crippen molar-refractivity contribution in [3.8, 4) is 0 Å². The van der Waals surface area contributed by atoms with Gasteiger partial charge in [-0.25, -0.2) is 4.98 Å². The lowest BCUT2D eigenvalue weighted by Gasteiger charge is -2.01. The molecule has 0 atom stereocenters. The molecule has 0 aliphatic heterocycles. The van der Waals surface area contributed by atoms with Crippen molar-refractivity contribution in [2.24, 2.45) is 0 Å². The number of thiazole rings is 1. The van der Waals surface area contributed by atoms with E-state index < -0.39 is 11.9 Å². The number of nitrogens with zero attached hydrogens (tertiary/aromatic N) is 3. The van der Waals surface area contributed by atoms with Gasteiger partial charge in [0.1, 0.15) is 0 Å². The van der Waals surface area contributed by atoms with Crippen molar-refractivity contribution in [3.63, 3.8) is 0 Å². The Morgan fingerprint density at radius 2 is 2.19 bits per heavy atom. The second kappa shape index (κ2) is 4.06. The lowest BCUT2D eigenvalue weighted by molar-refractivity contribution is -0.141. The van der Waals surface area contributed by atoms with Gasteiger partial charge in [0, 0.05) is 17.3 Å². The molecule has 3 nitrogen and oxygen atoms in total. The zero-order chi connectivity index (χ0) is 11.8. The van der Waals surface area contributed by atoms with Crippen LogP contribution < -0.4 is 0 Å². The van der Waals surface area contributed by atoms with Crippen molar-refractivity contribution in [3.05, 3.63) is 33.5 Å². The third kappa shape index (κ3) is 2.53. The van der Waals surface area contributed by atoms with E-state index in [1.54, 1.807) is 0 Å². The van der Waals surface area contributed by atoms with Crippen LogP contribution in [0.15, 0.2) is 18.5 Å². The Hall–Kier alpha value is -1.08. The highest BCUT2D eigenvalue weighted by Gasteiger charge is 2.33. The van der Waals surface area contributed by atoms with E-state index in [-0.39, 0.29) is 6.54 Å². The van der Waals surface area contributed by atoms with Crippen molar-refractivity contribution in [2.75, 3.05) is 0 Å². The van der Waals surface area contributed by atoms with Gasteiger partial charge in [-0.3, -0.25) is 4.68 Å². The van der Waals surface area contributed by atoms with Gasteiger partial charge in [-0.2, -0.15) is 18.3 Å². The highest BCUT2D eigenvalue weighted by atomic mass is 35.5. The van der Waals surface area contributed by atoms with E-state index in [4.69, 9.17) is 11.6 Å². The molecular formula is C8H5ClF3N3S. The van der Waals surface area contributed by atoms with Crippen LogP contribution >= 0.6 is 22.9 Å². The largest absolute Gasteiger partial charge is 0.435 e. The lowest BCUT2D eigenvalue weighted by atomic mass is 10.4. The highest BCUT2D eigenvalue weighted by molar-refractivity contribution is 7.15. The molecule has 0 amide bonds. The fourth-order valence-electron chi connectivity index (χ4n) is 1.12. The molecule has 0 saturated heterocycles.